The fourth-order valence-electron chi connectivity index (χ4n) is 3.93. The largest absolute Gasteiger partial charge is 0.338 e. The van der Waals surface area contributed by atoms with Gasteiger partial charge in [0.05, 0.1) is 0 Å². The summed E-state index contributed by atoms with van der Waals surface area (Å²) < 4.78 is 2.05. The summed E-state index contributed by atoms with van der Waals surface area (Å²) in [6, 6.07) is 10.7. The fourth-order valence-corrected chi connectivity index (χ4v) is 4.97. The number of hydrogen-bond acceptors (Lipinski definition) is 4. The van der Waals surface area contributed by atoms with Crippen molar-refractivity contribution in [1.82, 2.24) is 19.5 Å². The van der Waals surface area contributed by atoms with E-state index in [0.717, 1.165) is 53.7 Å². The molecule has 3 aromatic rings. The van der Waals surface area contributed by atoms with E-state index in [1.54, 1.807) is 0 Å². The number of piperidine rings is 1. The van der Waals surface area contributed by atoms with E-state index in [1.165, 1.54) is 16.9 Å². The average molecular weight is 383 g/mol. The molecule has 1 aromatic carbocycles. The summed E-state index contributed by atoms with van der Waals surface area (Å²) in [5.74, 6) is 2.02. The number of hydrogen-bond donors (Lipinski definition) is 0. The second kappa shape index (κ2) is 7.43. The van der Waals surface area contributed by atoms with Crippen molar-refractivity contribution in [3.63, 3.8) is 0 Å². The van der Waals surface area contributed by atoms with Crippen LogP contribution in [0.2, 0.25) is 0 Å². The summed E-state index contributed by atoms with van der Waals surface area (Å²) in [4.78, 5) is 16.8. The van der Waals surface area contributed by atoms with Crippen LogP contribution in [0.1, 0.15) is 59.4 Å². The molecular formula is C21H26N4OS. The van der Waals surface area contributed by atoms with Crippen molar-refractivity contribution in [3.8, 4) is 0 Å². The van der Waals surface area contributed by atoms with Crippen LogP contribution in [0, 0.1) is 12.8 Å². The van der Waals surface area contributed by atoms with Gasteiger partial charge in [0.15, 0.2) is 0 Å². The van der Waals surface area contributed by atoms with Crippen molar-refractivity contribution < 1.29 is 4.79 Å². The molecule has 0 spiro atoms. The van der Waals surface area contributed by atoms with Gasteiger partial charge in [0.2, 0.25) is 4.96 Å². The molecule has 142 valence electrons. The zero-order chi connectivity index (χ0) is 19.0. The summed E-state index contributed by atoms with van der Waals surface area (Å²) in [5, 5.41) is 8.55. The van der Waals surface area contributed by atoms with E-state index < -0.39 is 0 Å². The molecule has 4 rings (SSSR count). The smallest absolute Gasteiger partial charge is 0.265 e. The van der Waals surface area contributed by atoms with E-state index in [9.17, 15) is 4.79 Å². The number of aryl methyl sites for hydroxylation is 1. The third-order valence-electron chi connectivity index (χ3n) is 5.50. The van der Waals surface area contributed by atoms with Crippen molar-refractivity contribution in [3.05, 3.63) is 52.3 Å². The van der Waals surface area contributed by atoms with Crippen molar-refractivity contribution >= 4 is 22.2 Å². The maximum Gasteiger partial charge on any atom is 0.265 e. The molecule has 5 nitrogen and oxygen atoms in total. The lowest BCUT2D eigenvalue weighted by Gasteiger charge is -2.32. The van der Waals surface area contributed by atoms with E-state index in [1.807, 2.05) is 16.2 Å². The fraction of sp³-hybridized carbons (Fsp3) is 0.476. The van der Waals surface area contributed by atoms with Gasteiger partial charge in [0.25, 0.3) is 5.91 Å². The van der Waals surface area contributed by atoms with Crippen molar-refractivity contribution in [2.45, 2.75) is 46.0 Å². The summed E-state index contributed by atoms with van der Waals surface area (Å²) in [6.45, 7) is 7.89. The number of thiazole rings is 1. The summed E-state index contributed by atoms with van der Waals surface area (Å²) in [7, 11) is 0. The van der Waals surface area contributed by atoms with Gasteiger partial charge in [0.1, 0.15) is 10.7 Å². The van der Waals surface area contributed by atoms with Crippen LogP contribution in [-0.2, 0) is 6.42 Å². The quantitative estimate of drug-likeness (QED) is 0.675. The number of aromatic nitrogens is 3. The average Bonchev–Trinajstić information content (AvgIpc) is 3.23. The third kappa shape index (κ3) is 3.50. The highest BCUT2D eigenvalue weighted by Crippen LogP contribution is 2.29. The molecule has 0 bridgehead atoms. The Balaban J connectivity index is 1.45. The number of carbonyl (C=O) groups is 1. The number of benzene rings is 1. The van der Waals surface area contributed by atoms with Crippen LogP contribution in [0.15, 0.2) is 30.3 Å². The van der Waals surface area contributed by atoms with Crippen LogP contribution < -0.4 is 0 Å². The molecule has 3 heterocycles. The first-order valence-electron chi connectivity index (χ1n) is 9.72. The standard InChI is InChI=1S/C21H26N4OS/c1-14(2)19-22-23-21-25(19)15(3)18(27-21)20(26)24-11-9-17(10-12-24)13-16-7-5-4-6-8-16/h4-8,14,17H,9-13H2,1-3H3. The Morgan fingerprint density at radius 1 is 1.19 bits per heavy atom. The Hall–Kier alpha value is -2.21. The lowest BCUT2D eigenvalue weighted by atomic mass is 9.90. The first-order valence-corrected chi connectivity index (χ1v) is 10.5. The van der Waals surface area contributed by atoms with Gasteiger partial charge in [-0.2, -0.15) is 0 Å². The topological polar surface area (TPSA) is 50.5 Å². The number of amides is 1. The monoisotopic (exact) mass is 382 g/mol. The number of carbonyl (C=O) groups excluding carboxylic acids is 1. The van der Waals surface area contributed by atoms with Gasteiger partial charge < -0.3 is 4.90 Å². The molecule has 0 saturated carbocycles. The van der Waals surface area contributed by atoms with Gasteiger partial charge in [-0.25, -0.2) is 0 Å². The second-order valence-corrected chi connectivity index (χ2v) is 8.75. The van der Waals surface area contributed by atoms with Crippen LogP contribution in [0.4, 0.5) is 0 Å². The Labute approximate surface area is 164 Å². The number of nitrogens with zero attached hydrogens (tertiary/aromatic N) is 4. The summed E-state index contributed by atoms with van der Waals surface area (Å²) in [5.41, 5.74) is 2.37. The summed E-state index contributed by atoms with van der Waals surface area (Å²) >= 11 is 1.47. The van der Waals surface area contributed by atoms with E-state index in [4.69, 9.17) is 0 Å². The van der Waals surface area contributed by atoms with Gasteiger partial charge in [0, 0.05) is 24.7 Å². The Kier molecular flexibility index (Phi) is 5.00. The van der Waals surface area contributed by atoms with Gasteiger partial charge in [-0.1, -0.05) is 55.5 Å². The lowest BCUT2D eigenvalue weighted by molar-refractivity contribution is 0.0694. The minimum absolute atomic E-state index is 0.149. The Morgan fingerprint density at radius 3 is 2.56 bits per heavy atom. The van der Waals surface area contributed by atoms with E-state index in [-0.39, 0.29) is 11.8 Å². The molecule has 0 radical (unpaired) electrons. The molecule has 1 saturated heterocycles. The maximum absolute atomic E-state index is 13.1. The highest BCUT2D eigenvalue weighted by atomic mass is 32.1. The zero-order valence-electron chi connectivity index (χ0n) is 16.2. The number of likely N-dealkylation sites (tertiary alicyclic amines) is 1. The van der Waals surface area contributed by atoms with Crippen LogP contribution >= 0.6 is 11.3 Å². The molecule has 6 heteroatoms. The van der Waals surface area contributed by atoms with Crippen LogP contribution in [0.5, 0.6) is 0 Å². The van der Waals surface area contributed by atoms with Crippen molar-refractivity contribution in [2.24, 2.45) is 5.92 Å². The predicted molar refractivity (Wildman–Crippen MR) is 108 cm³/mol. The van der Waals surface area contributed by atoms with Gasteiger partial charge in [-0.15, -0.1) is 10.2 Å². The molecule has 0 N–H and O–H groups in total. The maximum atomic E-state index is 13.1. The molecule has 0 atom stereocenters. The zero-order valence-corrected chi connectivity index (χ0v) is 17.0. The highest BCUT2D eigenvalue weighted by molar-refractivity contribution is 7.19. The molecule has 0 aliphatic carbocycles. The molecule has 2 aromatic heterocycles. The molecule has 1 aliphatic rings. The van der Waals surface area contributed by atoms with Crippen molar-refractivity contribution in [1.29, 1.82) is 0 Å². The van der Waals surface area contributed by atoms with Crippen molar-refractivity contribution in [2.75, 3.05) is 13.1 Å². The molecule has 1 aliphatic heterocycles. The lowest BCUT2D eigenvalue weighted by Crippen LogP contribution is -2.38. The first kappa shape index (κ1) is 18.2. The molecule has 0 unspecified atom stereocenters. The Morgan fingerprint density at radius 2 is 1.89 bits per heavy atom. The van der Waals surface area contributed by atoms with E-state index in [0.29, 0.717) is 5.92 Å². The van der Waals surface area contributed by atoms with Crippen LogP contribution in [0.3, 0.4) is 0 Å². The van der Waals surface area contributed by atoms with E-state index >= 15 is 0 Å². The second-order valence-electron chi connectivity index (χ2n) is 7.77. The summed E-state index contributed by atoms with van der Waals surface area (Å²) in [6.07, 6.45) is 3.25. The van der Waals surface area contributed by atoms with Crippen LogP contribution in [-0.4, -0.2) is 38.5 Å². The third-order valence-corrected chi connectivity index (χ3v) is 6.62. The molecular weight excluding hydrogens is 356 g/mol. The molecule has 1 amide bonds. The van der Waals surface area contributed by atoms with Crippen LogP contribution in [0.25, 0.3) is 4.96 Å². The van der Waals surface area contributed by atoms with Gasteiger partial charge in [-0.3, -0.25) is 9.20 Å². The SMILES string of the molecule is Cc1c(C(=O)N2CCC(Cc3ccccc3)CC2)sc2nnc(C(C)C)n12. The predicted octanol–water partition coefficient (Wildman–Crippen LogP) is 4.32. The number of fused-ring (bicyclic) bond motifs is 1. The molecule has 27 heavy (non-hydrogen) atoms. The highest BCUT2D eigenvalue weighted by Gasteiger charge is 2.28. The van der Waals surface area contributed by atoms with Gasteiger partial charge >= 0.3 is 0 Å². The number of rotatable bonds is 4. The normalized spacial score (nSPS) is 15.8. The Bertz CT molecular complexity index is 936. The van der Waals surface area contributed by atoms with E-state index in [2.05, 4.69) is 54.4 Å². The molecule has 1 fully saturated rings. The van der Waals surface area contributed by atoms with Gasteiger partial charge in [-0.05, 0) is 37.7 Å². The minimum atomic E-state index is 0.149. The first-order chi connectivity index (χ1) is 13.0. The minimum Gasteiger partial charge on any atom is -0.338 e.